The van der Waals surface area contributed by atoms with Gasteiger partial charge < -0.3 is 29.9 Å². The molecular weight excluding hydrogens is 694 g/mol. The zero-order valence-corrected chi connectivity index (χ0v) is 29.5. The van der Waals surface area contributed by atoms with Crippen molar-refractivity contribution in [1.29, 1.82) is 0 Å². The first kappa shape index (κ1) is 37.5. The number of rotatable bonds is 11. The molecule has 0 saturated carbocycles. The van der Waals surface area contributed by atoms with Gasteiger partial charge in [-0.05, 0) is 61.4 Å². The normalized spacial score (nSPS) is 21.3. The number of hydrogen-bond acceptors (Lipinski definition) is 7. The van der Waals surface area contributed by atoms with Crippen molar-refractivity contribution in [2.24, 2.45) is 11.3 Å². The van der Waals surface area contributed by atoms with Crippen molar-refractivity contribution in [3.8, 4) is 17.0 Å². The summed E-state index contributed by atoms with van der Waals surface area (Å²) in [6.45, 7) is 4.66. The molecule has 3 heterocycles. The number of carbonyl (C=O) groups excluding carboxylic acids is 3. The van der Waals surface area contributed by atoms with Crippen molar-refractivity contribution >= 4 is 23.8 Å². The Morgan fingerprint density at radius 2 is 1.81 bits per heavy atom. The van der Waals surface area contributed by atoms with Crippen molar-refractivity contribution in [2.45, 2.75) is 64.5 Å². The van der Waals surface area contributed by atoms with E-state index in [1.807, 2.05) is 0 Å². The van der Waals surface area contributed by atoms with Crippen molar-refractivity contribution < 1.29 is 41.8 Å². The minimum atomic E-state index is -1.49. The fourth-order valence-corrected chi connectivity index (χ4v) is 7.85. The molecule has 1 aromatic heterocycles. The number of fused-ring (bicyclic) bond motifs is 1. The van der Waals surface area contributed by atoms with Gasteiger partial charge in [-0.3, -0.25) is 14.4 Å². The van der Waals surface area contributed by atoms with Crippen LogP contribution in [0.1, 0.15) is 61.4 Å². The number of benzene rings is 3. The minimum absolute atomic E-state index is 0.0199. The zero-order valence-electron chi connectivity index (χ0n) is 29.5. The second-order valence-electron chi connectivity index (χ2n) is 14.3. The third-order valence-electron chi connectivity index (χ3n) is 10.2. The second-order valence-corrected chi connectivity index (χ2v) is 14.3. The summed E-state index contributed by atoms with van der Waals surface area (Å²) in [5, 5.41) is 10.5. The average Bonchev–Trinajstić information content (AvgIpc) is 3.67. The number of ether oxygens (including phenoxy) is 1. The Morgan fingerprint density at radius 1 is 1.06 bits per heavy atom. The summed E-state index contributed by atoms with van der Waals surface area (Å²) in [4.78, 5) is 46.3. The molecule has 2 amide bonds. The number of likely N-dealkylation sites (tertiary alicyclic amines) is 2. The Balaban J connectivity index is 1.35. The molecule has 6 rings (SSSR count). The number of aldehydes is 1. The first-order chi connectivity index (χ1) is 25.2. The van der Waals surface area contributed by atoms with Crippen LogP contribution in [0, 0.1) is 28.8 Å². The van der Waals surface area contributed by atoms with E-state index in [4.69, 9.17) is 15.5 Å². The predicted molar refractivity (Wildman–Crippen MR) is 188 cm³/mol. The number of hydrogen-bond donors (Lipinski definition) is 2. The highest BCUT2D eigenvalue weighted by atomic mass is 19.1. The van der Waals surface area contributed by atoms with Gasteiger partial charge in [0, 0.05) is 66.0 Å². The lowest BCUT2D eigenvalue weighted by Gasteiger charge is -2.54. The Bertz CT molecular complexity index is 2020. The highest BCUT2D eigenvalue weighted by molar-refractivity contribution is 5.84. The standard InChI is InChI=1S/C39H41F4N5O5/c1-22(50)38(52)48-18-29-31(43)19-47(34(51)8-5-13-53-27-11-9-24(21-49)32(44)16-27)35(29)39(2,3)36(48)37-45-33(28-15-26(41)10-12-30(28)42)20-46(37)17-23-6-4-7-25(40)14-23/h4,6-7,9-12,14-16,20-22,29,31,35-36,50H,5,8,13,17-19,44H2,1-3H3/t22-,29-,31-,35?,36-/m0/s1. The van der Waals surface area contributed by atoms with Gasteiger partial charge >= 0.3 is 0 Å². The molecule has 53 heavy (non-hydrogen) atoms. The quantitative estimate of drug-likeness (QED) is 0.0872. The molecule has 0 aliphatic carbocycles. The van der Waals surface area contributed by atoms with E-state index >= 15 is 8.78 Å². The molecule has 280 valence electrons. The number of carbonyl (C=O) groups is 3. The molecular formula is C39H41F4N5O5. The van der Waals surface area contributed by atoms with Gasteiger partial charge in [-0.15, -0.1) is 0 Å². The molecule has 2 fully saturated rings. The topological polar surface area (TPSA) is 131 Å². The number of aliphatic hydroxyl groups excluding tert-OH is 1. The highest BCUT2D eigenvalue weighted by Gasteiger charge is 2.60. The van der Waals surface area contributed by atoms with Gasteiger partial charge in [0.1, 0.15) is 41.3 Å². The van der Waals surface area contributed by atoms with Crippen LogP contribution in [0.4, 0.5) is 23.2 Å². The molecule has 5 atom stereocenters. The van der Waals surface area contributed by atoms with Crippen molar-refractivity contribution in [3.63, 3.8) is 0 Å². The van der Waals surface area contributed by atoms with E-state index in [1.165, 1.54) is 53.3 Å². The Morgan fingerprint density at radius 3 is 2.51 bits per heavy atom. The lowest BCUT2D eigenvalue weighted by Crippen LogP contribution is -2.62. The number of anilines is 1. The van der Waals surface area contributed by atoms with Crippen LogP contribution in [-0.2, 0) is 16.1 Å². The second kappa shape index (κ2) is 15.0. The third-order valence-corrected chi connectivity index (χ3v) is 10.2. The van der Waals surface area contributed by atoms with E-state index in [9.17, 15) is 28.3 Å². The van der Waals surface area contributed by atoms with E-state index in [-0.39, 0.29) is 67.8 Å². The van der Waals surface area contributed by atoms with E-state index in [1.54, 1.807) is 30.5 Å². The molecule has 0 spiro atoms. The Labute approximate surface area is 304 Å². The Kier molecular flexibility index (Phi) is 10.6. The minimum Gasteiger partial charge on any atom is -0.494 e. The number of amides is 2. The molecule has 10 nitrogen and oxygen atoms in total. The summed E-state index contributed by atoms with van der Waals surface area (Å²) in [7, 11) is 0. The summed E-state index contributed by atoms with van der Waals surface area (Å²) >= 11 is 0. The Hall–Kier alpha value is -5.24. The van der Waals surface area contributed by atoms with Crippen LogP contribution < -0.4 is 10.5 Å². The number of piperidine rings is 1. The number of aliphatic hydroxyl groups is 1. The molecule has 2 aliphatic rings. The van der Waals surface area contributed by atoms with Gasteiger partial charge in [0.2, 0.25) is 5.91 Å². The number of alkyl halides is 1. The predicted octanol–water partition coefficient (Wildman–Crippen LogP) is 5.73. The van der Waals surface area contributed by atoms with Crippen LogP contribution in [0.5, 0.6) is 5.75 Å². The molecule has 0 radical (unpaired) electrons. The molecule has 2 aliphatic heterocycles. The molecule has 0 bridgehead atoms. The number of aromatic nitrogens is 2. The van der Waals surface area contributed by atoms with Crippen LogP contribution >= 0.6 is 0 Å². The van der Waals surface area contributed by atoms with Gasteiger partial charge in [0.05, 0.1) is 24.9 Å². The highest BCUT2D eigenvalue weighted by Crippen LogP contribution is 2.53. The van der Waals surface area contributed by atoms with Crippen LogP contribution in [0.25, 0.3) is 11.3 Å². The van der Waals surface area contributed by atoms with E-state index in [2.05, 4.69) is 0 Å². The van der Waals surface area contributed by atoms with E-state index in [0.717, 1.165) is 18.2 Å². The maximum absolute atomic E-state index is 16.0. The first-order valence-electron chi connectivity index (χ1n) is 17.4. The largest absolute Gasteiger partial charge is 0.494 e. The average molecular weight is 736 g/mol. The smallest absolute Gasteiger partial charge is 0.251 e. The number of halogens is 4. The zero-order chi connectivity index (χ0) is 38.2. The first-order valence-corrected chi connectivity index (χ1v) is 17.4. The van der Waals surface area contributed by atoms with Crippen LogP contribution in [0.2, 0.25) is 0 Å². The van der Waals surface area contributed by atoms with E-state index in [0.29, 0.717) is 23.2 Å². The monoisotopic (exact) mass is 735 g/mol. The maximum atomic E-state index is 16.0. The lowest BCUT2D eigenvalue weighted by atomic mass is 9.67. The molecule has 14 heteroatoms. The number of nitrogens with zero attached hydrogens (tertiary/aromatic N) is 4. The fourth-order valence-electron chi connectivity index (χ4n) is 7.85. The van der Waals surface area contributed by atoms with Gasteiger partial charge in [-0.1, -0.05) is 26.0 Å². The number of nitrogens with two attached hydrogens (primary N) is 1. The molecule has 3 aromatic carbocycles. The lowest BCUT2D eigenvalue weighted by molar-refractivity contribution is -0.157. The summed E-state index contributed by atoms with van der Waals surface area (Å²) < 4.78 is 67.2. The van der Waals surface area contributed by atoms with Gasteiger partial charge in [-0.2, -0.15) is 0 Å². The summed E-state index contributed by atoms with van der Waals surface area (Å²) in [5.74, 6) is -3.14. The van der Waals surface area contributed by atoms with Gasteiger partial charge in [-0.25, -0.2) is 22.5 Å². The SMILES string of the molecule is C[C@H](O)C(=O)N1C[C@@H]2C(N(C(=O)CCCOc3ccc(C=O)c(N)c3)C[C@@H]2F)C(C)(C)[C@@H]1c1nc(-c2cc(F)ccc2F)cn1Cc1cccc(F)c1. The van der Waals surface area contributed by atoms with Crippen LogP contribution in [-0.4, -0.2) is 80.6 Å². The summed E-state index contributed by atoms with van der Waals surface area (Å²) in [5.41, 5.74) is 5.74. The van der Waals surface area contributed by atoms with Gasteiger partial charge in [0.15, 0.2) is 6.29 Å². The molecule has 2 saturated heterocycles. The van der Waals surface area contributed by atoms with Crippen molar-refractivity contribution in [1.82, 2.24) is 19.4 Å². The van der Waals surface area contributed by atoms with Crippen LogP contribution in [0.15, 0.2) is 66.9 Å². The van der Waals surface area contributed by atoms with Gasteiger partial charge in [0.25, 0.3) is 5.91 Å². The van der Waals surface area contributed by atoms with Crippen LogP contribution in [0.3, 0.4) is 0 Å². The summed E-state index contributed by atoms with van der Waals surface area (Å²) in [6.07, 6.45) is -0.535. The summed E-state index contributed by atoms with van der Waals surface area (Å²) in [6, 6.07) is 11.7. The molecule has 1 unspecified atom stereocenters. The van der Waals surface area contributed by atoms with E-state index < -0.39 is 59.1 Å². The van der Waals surface area contributed by atoms with Crippen molar-refractivity contribution in [2.75, 3.05) is 25.4 Å². The number of nitrogen functional groups attached to an aromatic ring is 1. The molecule has 3 N–H and O–H groups in total. The fraction of sp³-hybridized carbons (Fsp3) is 0.385. The van der Waals surface area contributed by atoms with Crippen molar-refractivity contribution in [3.05, 3.63) is 101 Å². The maximum Gasteiger partial charge on any atom is 0.251 e. The molecule has 4 aromatic rings. The third kappa shape index (κ3) is 7.50. The number of imidazole rings is 1.